The molecule has 0 radical (unpaired) electrons. The molecule has 0 heterocycles. The minimum Gasteiger partial charge on any atom is -0.0839 e. The Hall–Kier alpha value is -7.28. The second-order valence-corrected chi connectivity index (χ2v) is 24.2. The van der Waals surface area contributed by atoms with Crippen LogP contribution >= 0.6 is 0 Å². The van der Waals surface area contributed by atoms with Gasteiger partial charge in [0.15, 0.2) is 0 Å². The molecule has 7 atom stereocenters. The van der Waals surface area contributed by atoms with E-state index < -0.39 is 0 Å². The number of allylic oxidation sites excluding steroid dienone is 32. The molecular formula is C75H60. The highest BCUT2D eigenvalue weighted by molar-refractivity contribution is 5.98. The van der Waals surface area contributed by atoms with Crippen LogP contribution in [0.3, 0.4) is 0 Å². The van der Waals surface area contributed by atoms with Crippen LogP contribution in [0.4, 0.5) is 0 Å². The predicted molar refractivity (Wildman–Crippen MR) is 309 cm³/mol. The van der Waals surface area contributed by atoms with Crippen molar-refractivity contribution in [1.82, 2.24) is 0 Å². The van der Waals surface area contributed by atoms with Crippen molar-refractivity contribution in [2.75, 3.05) is 0 Å². The Bertz CT molecular complexity index is 3940. The highest BCUT2D eigenvalue weighted by Gasteiger charge is 2.63. The van der Waals surface area contributed by atoms with Crippen molar-refractivity contribution < 1.29 is 0 Å². The van der Waals surface area contributed by atoms with Gasteiger partial charge in [-0.15, -0.1) is 0 Å². The molecule has 0 N–H and O–H groups in total. The molecule has 0 fully saturated rings. The molecule has 18 rings (SSSR count). The van der Waals surface area contributed by atoms with Gasteiger partial charge < -0.3 is 0 Å². The Kier molecular flexibility index (Phi) is 8.39. The van der Waals surface area contributed by atoms with Gasteiger partial charge in [0.1, 0.15) is 0 Å². The van der Waals surface area contributed by atoms with Gasteiger partial charge in [0.2, 0.25) is 0 Å². The smallest absolute Gasteiger partial charge is 0.0719 e. The first-order valence-electron chi connectivity index (χ1n) is 28.9. The highest BCUT2D eigenvalue weighted by atomic mass is 14.7. The highest BCUT2D eigenvalue weighted by Crippen LogP contribution is 2.72. The summed E-state index contributed by atoms with van der Waals surface area (Å²) in [5.74, 6) is 1.71. The average molecular weight is 961 g/mol. The van der Waals surface area contributed by atoms with Crippen LogP contribution in [-0.2, 0) is 16.2 Å². The molecule has 0 nitrogen and oxygen atoms in total. The van der Waals surface area contributed by atoms with Crippen LogP contribution in [0.15, 0.2) is 250 Å². The molecule has 0 aliphatic heterocycles. The molecule has 0 bridgehead atoms. The van der Waals surface area contributed by atoms with Crippen molar-refractivity contribution >= 4 is 22.3 Å². The van der Waals surface area contributed by atoms with Crippen molar-refractivity contribution in [3.63, 3.8) is 0 Å². The third-order valence-corrected chi connectivity index (χ3v) is 21.7. The van der Waals surface area contributed by atoms with Crippen LogP contribution in [0.1, 0.15) is 122 Å². The van der Waals surface area contributed by atoms with E-state index in [1.807, 2.05) is 0 Å². The first-order valence-corrected chi connectivity index (χ1v) is 28.9. The lowest BCUT2D eigenvalue weighted by molar-refractivity contribution is 0.314. The van der Waals surface area contributed by atoms with Crippen LogP contribution < -0.4 is 0 Å². The first-order chi connectivity index (χ1) is 37.2. The summed E-state index contributed by atoms with van der Waals surface area (Å²) in [6.45, 7) is 0. The van der Waals surface area contributed by atoms with Crippen molar-refractivity contribution in [2.24, 2.45) is 23.7 Å². The lowest BCUT2D eigenvalue weighted by Gasteiger charge is -2.43. The van der Waals surface area contributed by atoms with Gasteiger partial charge in [-0.3, -0.25) is 0 Å². The maximum Gasteiger partial charge on any atom is 0.0719 e. The van der Waals surface area contributed by atoms with Crippen LogP contribution in [-0.4, -0.2) is 0 Å². The summed E-state index contributed by atoms with van der Waals surface area (Å²) in [4.78, 5) is 0. The molecule has 0 aromatic heterocycles. The van der Waals surface area contributed by atoms with Crippen LogP contribution in [0.5, 0.6) is 0 Å². The van der Waals surface area contributed by atoms with E-state index >= 15 is 0 Å². The lowest BCUT2D eigenvalue weighted by atomic mass is 9.58. The Morgan fingerprint density at radius 3 is 1.61 bits per heavy atom. The van der Waals surface area contributed by atoms with Gasteiger partial charge in [-0.05, 0) is 223 Å². The number of benzene rings is 4. The lowest BCUT2D eigenvalue weighted by Crippen LogP contribution is -2.40. The maximum absolute atomic E-state index is 2.81. The number of fused-ring (bicyclic) bond motifs is 26. The molecular weight excluding hydrogens is 901 g/mol. The second-order valence-electron chi connectivity index (χ2n) is 24.2. The van der Waals surface area contributed by atoms with E-state index in [2.05, 4.69) is 194 Å². The predicted octanol–water partition coefficient (Wildman–Crippen LogP) is 18.1. The molecule has 14 aliphatic rings. The molecule has 4 aromatic rings. The maximum atomic E-state index is 2.81. The summed E-state index contributed by atoms with van der Waals surface area (Å²) in [6.07, 6.45) is 58.4. The van der Waals surface area contributed by atoms with Crippen molar-refractivity contribution in [3.8, 4) is 11.1 Å². The first kappa shape index (κ1) is 42.0. The second kappa shape index (κ2) is 15.0. The third kappa shape index (κ3) is 4.99. The minimum absolute atomic E-state index is 0.0316. The molecule has 0 amide bonds. The molecule has 14 aliphatic carbocycles. The third-order valence-electron chi connectivity index (χ3n) is 21.7. The van der Waals surface area contributed by atoms with Crippen molar-refractivity contribution in [3.05, 3.63) is 295 Å². The number of hydrogen-bond donors (Lipinski definition) is 0. The summed E-state index contributed by atoms with van der Waals surface area (Å²) in [5.41, 5.74) is 36.6. The van der Waals surface area contributed by atoms with Crippen molar-refractivity contribution in [2.45, 2.75) is 93.3 Å². The number of hydrogen-bond acceptors (Lipinski definition) is 0. The van der Waals surface area contributed by atoms with E-state index in [0.717, 1.165) is 70.6 Å². The van der Waals surface area contributed by atoms with E-state index in [1.165, 1.54) is 62.1 Å². The van der Waals surface area contributed by atoms with E-state index in [-0.39, 0.29) is 16.2 Å². The molecule has 0 saturated heterocycles. The average Bonchev–Trinajstić information content (AvgIpc) is 4.34. The quantitative estimate of drug-likeness (QED) is 0.188. The Balaban J connectivity index is 0.797. The Morgan fingerprint density at radius 1 is 0.360 bits per heavy atom. The standard InChI is InChI=1S/C75H60/c1-9-25-61-49(17-1)50-18-2-10-26-62(50)73(61)65-29-13-5-21-53(65)57-37-33-45(41-69(57)73)47-35-39-59-55-23-7-15-31-67(55)75(71(59)43-47)68-32-16-8-24-56(68)60-40-36-48(44-72(60)75)46-34-38-58-54-22-6-14-30-66(54)74(70(58)42-46)63-27-11-3-19-51(63)52-20-4-12-28-64(52)74/h1,3,5,7-17,19,21,23-24,26-30,33-34,36-38,40,42-44,61,67-69H,2,4,6,18,20,22,25,31-32,35,39,41H2. The van der Waals surface area contributed by atoms with Gasteiger partial charge in [-0.1, -0.05) is 182 Å². The van der Waals surface area contributed by atoms with Gasteiger partial charge in [-0.2, -0.15) is 0 Å². The fourth-order valence-corrected chi connectivity index (χ4v) is 19.2. The molecule has 360 valence electrons. The van der Waals surface area contributed by atoms with Crippen LogP contribution in [0.25, 0.3) is 33.4 Å². The zero-order valence-electron chi connectivity index (χ0n) is 42.8. The summed E-state index contributed by atoms with van der Waals surface area (Å²) >= 11 is 0. The van der Waals surface area contributed by atoms with Gasteiger partial charge in [0, 0.05) is 34.5 Å². The summed E-state index contributed by atoms with van der Waals surface area (Å²) in [6, 6.07) is 34.4. The van der Waals surface area contributed by atoms with E-state index in [4.69, 9.17) is 0 Å². The van der Waals surface area contributed by atoms with E-state index in [0.29, 0.717) is 23.7 Å². The molecule has 0 heteroatoms. The molecule has 75 heavy (non-hydrogen) atoms. The fourth-order valence-electron chi connectivity index (χ4n) is 19.2. The molecule has 0 saturated carbocycles. The summed E-state index contributed by atoms with van der Waals surface area (Å²) in [7, 11) is 0. The van der Waals surface area contributed by atoms with Crippen LogP contribution in [0, 0.1) is 23.7 Å². The topological polar surface area (TPSA) is 0 Å². The fraction of sp³-hybridized carbons (Fsp3) is 0.253. The van der Waals surface area contributed by atoms with E-state index in [9.17, 15) is 0 Å². The van der Waals surface area contributed by atoms with Gasteiger partial charge in [0.25, 0.3) is 0 Å². The molecule has 7 unspecified atom stereocenters. The van der Waals surface area contributed by atoms with E-state index in [1.54, 1.807) is 78.0 Å². The van der Waals surface area contributed by atoms with Gasteiger partial charge in [0.05, 0.1) is 5.41 Å². The van der Waals surface area contributed by atoms with Gasteiger partial charge in [-0.25, -0.2) is 0 Å². The minimum atomic E-state index is -0.270. The number of rotatable bonds is 2. The van der Waals surface area contributed by atoms with Crippen LogP contribution in [0.2, 0.25) is 0 Å². The molecule has 3 spiro atoms. The SMILES string of the molecule is C1=CCC2C(=C1)C1=C(C=C(C3=CC=C4c5ccccc5C5(C6=C(CCC=C6)C6=CC=CCC65)C4C3)CC1)C21c2cc(-c3ccc4c(c3)C3(C5=C(CCC=C5)c5ccccc53)C3=C4CCC=C3)ccc2C2=CC=CCC21. The zero-order chi connectivity index (χ0) is 48.8. The summed E-state index contributed by atoms with van der Waals surface area (Å²) < 4.78 is 0. The Morgan fingerprint density at radius 2 is 0.893 bits per heavy atom. The van der Waals surface area contributed by atoms with Gasteiger partial charge >= 0.3 is 0 Å². The summed E-state index contributed by atoms with van der Waals surface area (Å²) in [5, 5.41) is 0. The normalized spacial score (nSPS) is 31.7. The Labute approximate surface area is 442 Å². The monoisotopic (exact) mass is 960 g/mol. The zero-order valence-corrected chi connectivity index (χ0v) is 42.8. The molecule has 4 aromatic carbocycles. The van der Waals surface area contributed by atoms with Crippen molar-refractivity contribution in [1.29, 1.82) is 0 Å². The largest absolute Gasteiger partial charge is 0.0839 e.